The van der Waals surface area contributed by atoms with Crippen LogP contribution in [0.15, 0.2) is 47.4 Å². The molecular weight excluding hydrogens is 351 g/mol. The Bertz CT molecular complexity index is 776. The number of hydrogen-bond donors (Lipinski definition) is 1. The predicted octanol–water partition coefficient (Wildman–Crippen LogP) is 0.926. The number of unbranched alkanes of at least 4 members (excludes halogenated alkanes) is 3. The third-order valence-corrected chi connectivity index (χ3v) is 4.58. The van der Waals surface area contributed by atoms with Crippen molar-refractivity contribution < 1.29 is 52.4 Å². The van der Waals surface area contributed by atoms with E-state index >= 15 is 0 Å². The van der Waals surface area contributed by atoms with E-state index in [1.54, 1.807) is 24.3 Å². The quantitative estimate of drug-likeness (QED) is 0.423. The van der Waals surface area contributed by atoms with Crippen molar-refractivity contribution in [2.75, 3.05) is 0 Å². The van der Waals surface area contributed by atoms with Gasteiger partial charge in [-0.15, -0.1) is 0 Å². The van der Waals surface area contributed by atoms with Gasteiger partial charge < -0.3 is 9.84 Å². The van der Waals surface area contributed by atoms with E-state index in [-0.39, 0.29) is 35.3 Å². The fourth-order valence-corrected chi connectivity index (χ4v) is 3.01. The van der Waals surface area contributed by atoms with Gasteiger partial charge in [0.25, 0.3) is 10.1 Å². The van der Waals surface area contributed by atoms with Crippen molar-refractivity contribution >= 4 is 10.1 Å². The van der Waals surface area contributed by atoms with Gasteiger partial charge in [-0.25, -0.2) is 0 Å². The van der Waals surface area contributed by atoms with Crippen molar-refractivity contribution in [3.05, 3.63) is 48.0 Å². The molecule has 1 N–H and O–H groups in total. The van der Waals surface area contributed by atoms with Crippen LogP contribution in [0, 0.1) is 0 Å². The number of rotatable bonds is 8. The van der Waals surface area contributed by atoms with E-state index in [4.69, 9.17) is 4.74 Å². The second-order valence-electron chi connectivity index (χ2n) is 5.58. The van der Waals surface area contributed by atoms with Gasteiger partial charge in [0.15, 0.2) is 0 Å². The molecule has 0 bridgehead atoms. The maximum Gasteiger partial charge on any atom is 1.00 e. The van der Waals surface area contributed by atoms with Crippen LogP contribution in [0.4, 0.5) is 0 Å². The summed E-state index contributed by atoms with van der Waals surface area (Å²) in [6, 6.07) is 11.4. The summed E-state index contributed by atoms with van der Waals surface area (Å²) in [4.78, 5) is -0.661. The third-order valence-electron chi connectivity index (χ3n) is 3.70. The summed E-state index contributed by atoms with van der Waals surface area (Å²) < 4.78 is 37.6. The SMILES string of the molecule is CCCCCCc1ccc(S(=O)(=O)O)c([O-])c1Oc1ccccc1.[Na+]. The Kier molecular flexibility index (Phi) is 8.96. The molecule has 130 valence electrons. The maximum atomic E-state index is 12.5. The number of ether oxygens (including phenoxy) is 1. The van der Waals surface area contributed by atoms with E-state index in [1.807, 2.05) is 6.07 Å². The smallest absolute Gasteiger partial charge is 0.869 e. The Morgan fingerprint density at radius 1 is 1.04 bits per heavy atom. The standard InChI is InChI=1S/C18H22O5S.Na/c1-2-3-4-6-9-14-12-13-16(24(20,21)22)17(19)18(14)23-15-10-7-5-8-11-15;/h5,7-8,10-13,19H,2-4,6,9H2,1H3,(H,20,21,22);/q;+1/p-1. The summed E-state index contributed by atoms with van der Waals surface area (Å²) in [7, 11) is -4.59. The minimum absolute atomic E-state index is 0. The van der Waals surface area contributed by atoms with Gasteiger partial charge >= 0.3 is 29.6 Å². The molecule has 0 amide bonds. The first kappa shape index (κ1) is 22.0. The minimum Gasteiger partial charge on any atom is -0.869 e. The summed E-state index contributed by atoms with van der Waals surface area (Å²) in [5.41, 5.74) is 0.646. The molecule has 2 rings (SSSR count). The van der Waals surface area contributed by atoms with Crippen LogP contribution in [-0.2, 0) is 16.5 Å². The van der Waals surface area contributed by atoms with Crippen molar-refractivity contribution in [2.24, 2.45) is 0 Å². The molecular formula is C18H21NaO5S. The molecule has 0 aromatic heterocycles. The number of aryl methyl sites for hydroxylation is 1. The zero-order valence-electron chi connectivity index (χ0n) is 14.6. The fraction of sp³-hybridized carbons (Fsp3) is 0.333. The van der Waals surface area contributed by atoms with Gasteiger partial charge in [0.05, 0.1) is 4.90 Å². The molecule has 0 spiro atoms. The first-order chi connectivity index (χ1) is 11.4. The van der Waals surface area contributed by atoms with Gasteiger partial charge in [-0.3, -0.25) is 4.55 Å². The molecule has 2 aromatic carbocycles. The Morgan fingerprint density at radius 2 is 1.72 bits per heavy atom. The van der Waals surface area contributed by atoms with Crippen molar-refractivity contribution in [3.8, 4) is 17.2 Å². The van der Waals surface area contributed by atoms with Crippen molar-refractivity contribution in [1.82, 2.24) is 0 Å². The van der Waals surface area contributed by atoms with E-state index in [0.717, 1.165) is 31.7 Å². The van der Waals surface area contributed by atoms with Crippen LogP contribution in [0.3, 0.4) is 0 Å². The summed E-state index contributed by atoms with van der Waals surface area (Å²) >= 11 is 0. The molecule has 0 saturated heterocycles. The molecule has 0 unspecified atom stereocenters. The zero-order valence-corrected chi connectivity index (χ0v) is 17.4. The number of benzene rings is 2. The van der Waals surface area contributed by atoms with Crippen molar-refractivity contribution in [2.45, 2.75) is 43.9 Å². The average molecular weight is 372 g/mol. The second-order valence-corrected chi connectivity index (χ2v) is 6.97. The molecule has 0 radical (unpaired) electrons. The Hall–Kier alpha value is -1.05. The molecule has 0 fully saturated rings. The van der Waals surface area contributed by atoms with Crippen molar-refractivity contribution in [1.29, 1.82) is 0 Å². The molecule has 25 heavy (non-hydrogen) atoms. The van der Waals surface area contributed by atoms with E-state index < -0.39 is 20.8 Å². The summed E-state index contributed by atoms with van der Waals surface area (Å²) in [6.45, 7) is 2.11. The minimum atomic E-state index is -4.59. The first-order valence-corrected chi connectivity index (χ1v) is 9.40. The van der Waals surface area contributed by atoms with Gasteiger partial charge in [0.2, 0.25) is 0 Å². The van der Waals surface area contributed by atoms with E-state index in [0.29, 0.717) is 17.7 Å². The van der Waals surface area contributed by atoms with Crippen LogP contribution in [0.5, 0.6) is 17.2 Å². The van der Waals surface area contributed by atoms with Gasteiger partial charge in [-0.05, 0) is 42.4 Å². The summed E-state index contributed by atoms with van der Waals surface area (Å²) in [5, 5.41) is 12.5. The molecule has 7 heteroatoms. The van der Waals surface area contributed by atoms with Gasteiger partial charge in [-0.2, -0.15) is 8.42 Å². The van der Waals surface area contributed by atoms with E-state index in [1.165, 1.54) is 6.07 Å². The van der Waals surface area contributed by atoms with Crippen LogP contribution in [0.25, 0.3) is 0 Å². The van der Waals surface area contributed by atoms with E-state index in [2.05, 4.69) is 6.92 Å². The van der Waals surface area contributed by atoms with Crippen LogP contribution < -0.4 is 39.4 Å². The van der Waals surface area contributed by atoms with E-state index in [9.17, 15) is 18.1 Å². The Morgan fingerprint density at radius 3 is 2.32 bits per heavy atom. The molecule has 5 nitrogen and oxygen atoms in total. The Balaban J connectivity index is 0.00000312. The van der Waals surface area contributed by atoms with Crippen LogP contribution in [0.2, 0.25) is 0 Å². The largest absolute Gasteiger partial charge is 1.00 e. The molecule has 0 saturated carbocycles. The molecule has 2 aromatic rings. The first-order valence-electron chi connectivity index (χ1n) is 7.96. The molecule has 0 heterocycles. The number of para-hydroxylation sites is 1. The topological polar surface area (TPSA) is 86.7 Å². The molecule has 0 aliphatic heterocycles. The number of hydrogen-bond acceptors (Lipinski definition) is 4. The van der Waals surface area contributed by atoms with Gasteiger partial charge in [0.1, 0.15) is 11.5 Å². The van der Waals surface area contributed by atoms with Crippen LogP contribution in [0.1, 0.15) is 38.2 Å². The van der Waals surface area contributed by atoms with Gasteiger partial charge in [-0.1, -0.05) is 50.5 Å². The van der Waals surface area contributed by atoms with Crippen LogP contribution >= 0.6 is 0 Å². The fourth-order valence-electron chi connectivity index (χ4n) is 2.45. The second kappa shape index (κ2) is 10.2. The third kappa shape index (κ3) is 6.31. The summed E-state index contributed by atoms with van der Waals surface area (Å²) in [6.07, 6.45) is 4.71. The molecule has 0 aliphatic rings. The molecule has 0 aliphatic carbocycles. The molecule has 0 atom stereocenters. The maximum absolute atomic E-state index is 12.5. The van der Waals surface area contributed by atoms with Gasteiger partial charge in [0, 0.05) is 0 Å². The monoisotopic (exact) mass is 372 g/mol. The summed E-state index contributed by atoms with van der Waals surface area (Å²) in [5.74, 6) is -0.404. The average Bonchev–Trinajstić information content (AvgIpc) is 2.54. The van der Waals surface area contributed by atoms with Crippen molar-refractivity contribution in [3.63, 3.8) is 0 Å². The zero-order chi connectivity index (χ0) is 17.6. The Labute approximate surface area is 171 Å². The predicted molar refractivity (Wildman–Crippen MR) is 90.1 cm³/mol. The normalized spacial score (nSPS) is 11.0. The van der Waals surface area contributed by atoms with Crippen LogP contribution in [-0.4, -0.2) is 13.0 Å².